The van der Waals surface area contributed by atoms with Crippen molar-refractivity contribution in [3.8, 4) is 0 Å². The van der Waals surface area contributed by atoms with Gasteiger partial charge in [-0.1, -0.05) is 29.8 Å². The second kappa shape index (κ2) is 8.41. The molecule has 0 radical (unpaired) electrons. The summed E-state index contributed by atoms with van der Waals surface area (Å²) in [4.78, 5) is 29.0. The van der Waals surface area contributed by atoms with Crippen LogP contribution in [-0.2, 0) is 0 Å². The van der Waals surface area contributed by atoms with Gasteiger partial charge in [-0.25, -0.2) is 0 Å². The zero-order valence-corrected chi connectivity index (χ0v) is 16.4. The zero-order chi connectivity index (χ0) is 20.2. The van der Waals surface area contributed by atoms with Crippen LogP contribution >= 0.6 is 11.6 Å². The highest BCUT2D eigenvalue weighted by Crippen LogP contribution is 2.27. The SMILES string of the molecule is O=C(Nc1ccccc1N1CCN(C(=O)c2ccco2)CC1)c1cccc(Cl)c1. The third kappa shape index (κ3) is 4.27. The standard InChI is InChI=1S/C22H20ClN3O3/c23-17-6-3-5-16(15-17)21(27)24-18-7-1-2-8-19(18)25-10-12-26(13-11-25)22(28)20-9-4-14-29-20/h1-9,14-15H,10-13H2,(H,24,27). The van der Waals surface area contributed by atoms with Gasteiger partial charge in [0.2, 0.25) is 0 Å². The number of hydrogen-bond acceptors (Lipinski definition) is 4. The van der Waals surface area contributed by atoms with E-state index in [1.165, 1.54) is 6.26 Å². The Bertz CT molecular complexity index is 1010. The molecule has 0 saturated carbocycles. The molecule has 7 heteroatoms. The lowest BCUT2D eigenvalue weighted by Crippen LogP contribution is -2.48. The first kappa shape index (κ1) is 19.1. The van der Waals surface area contributed by atoms with Crippen molar-refractivity contribution in [2.75, 3.05) is 36.4 Å². The number of anilines is 2. The number of nitrogens with one attached hydrogen (secondary N) is 1. The number of carbonyl (C=O) groups excluding carboxylic acids is 2. The molecular formula is C22H20ClN3O3. The summed E-state index contributed by atoms with van der Waals surface area (Å²) in [5.74, 6) is 0.0383. The van der Waals surface area contributed by atoms with Crippen LogP contribution in [0.15, 0.2) is 71.3 Å². The van der Waals surface area contributed by atoms with Gasteiger partial charge >= 0.3 is 0 Å². The van der Waals surface area contributed by atoms with E-state index in [2.05, 4.69) is 10.2 Å². The lowest BCUT2D eigenvalue weighted by Gasteiger charge is -2.36. The summed E-state index contributed by atoms with van der Waals surface area (Å²) < 4.78 is 5.21. The molecule has 1 aromatic heterocycles. The predicted molar refractivity (Wildman–Crippen MR) is 113 cm³/mol. The third-order valence-corrected chi connectivity index (χ3v) is 5.11. The molecule has 1 N–H and O–H groups in total. The number of benzene rings is 2. The molecule has 2 heterocycles. The van der Waals surface area contributed by atoms with Crippen molar-refractivity contribution in [2.45, 2.75) is 0 Å². The average Bonchev–Trinajstić information content (AvgIpc) is 3.29. The maximum Gasteiger partial charge on any atom is 0.289 e. The molecule has 0 aliphatic carbocycles. The first-order chi connectivity index (χ1) is 14.1. The number of piperazine rings is 1. The van der Waals surface area contributed by atoms with E-state index in [0.29, 0.717) is 42.5 Å². The smallest absolute Gasteiger partial charge is 0.289 e. The van der Waals surface area contributed by atoms with Gasteiger partial charge in [0.15, 0.2) is 5.76 Å². The van der Waals surface area contributed by atoms with E-state index >= 15 is 0 Å². The van der Waals surface area contributed by atoms with E-state index in [9.17, 15) is 9.59 Å². The van der Waals surface area contributed by atoms with Crippen molar-refractivity contribution in [3.63, 3.8) is 0 Å². The van der Waals surface area contributed by atoms with Crippen LogP contribution in [0.1, 0.15) is 20.9 Å². The molecule has 29 heavy (non-hydrogen) atoms. The largest absolute Gasteiger partial charge is 0.459 e. The highest BCUT2D eigenvalue weighted by Gasteiger charge is 2.25. The quantitative estimate of drug-likeness (QED) is 0.703. The van der Waals surface area contributed by atoms with Gasteiger partial charge < -0.3 is 19.5 Å². The Labute approximate surface area is 173 Å². The van der Waals surface area contributed by atoms with Crippen LogP contribution < -0.4 is 10.2 Å². The van der Waals surface area contributed by atoms with E-state index in [0.717, 1.165) is 11.4 Å². The Kier molecular flexibility index (Phi) is 5.53. The number of para-hydroxylation sites is 2. The Morgan fingerprint density at radius 3 is 2.45 bits per heavy atom. The van der Waals surface area contributed by atoms with Gasteiger partial charge in [-0.05, 0) is 42.5 Å². The molecule has 1 aliphatic rings. The van der Waals surface area contributed by atoms with Crippen molar-refractivity contribution in [1.29, 1.82) is 0 Å². The molecule has 1 aliphatic heterocycles. The Balaban J connectivity index is 1.45. The summed E-state index contributed by atoms with van der Waals surface area (Å²) in [7, 11) is 0. The van der Waals surface area contributed by atoms with Crippen LogP contribution in [0.4, 0.5) is 11.4 Å². The molecular weight excluding hydrogens is 390 g/mol. The van der Waals surface area contributed by atoms with E-state index in [-0.39, 0.29) is 11.8 Å². The summed E-state index contributed by atoms with van der Waals surface area (Å²) >= 11 is 5.99. The van der Waals surface area contributed by atoms with E-state index < -0.39 is 0 Å². The van der Waals surface area contributed by atoms with E-state index in [1.807, 2.05) is 24.3 Å². The van der Waals surface area contributed by atoms with Crippen molar-refractivity contribution < 1.29 is 14.0 Å². The Morgan fingerprint density at radius 1 is 0.931 bits per heavy atom. The number of amides is 2. The van der Waals surface area contributed by atoms with Crippen LogP contribution in [-0.4, -0.2) is 42.9 Å². The molecule has 1 fully saturated rings. The zero-order valence-electron chi connectivity index (χ0n) is 15.7. The highest BCUT2D eigenvalue weighted by molar-refractivity contribution is 6.31. The number of carbonyl (C=O) groups is 2. The fourth-order valence-corrected chi connectivity index (χ4v) is 3.58. The second-order valence-electron chi connectivity index (χ2n) is 6.74. The summed E-state index contributed by atoms with van der Waals surface area (Å²) in [5.41, 5.74) is 2.15. The van der Waals surface area contributed by atoms with Gasteiger partial charge in [0, 0.05) is 36.8 Å². The fourth-order valence-electron chi connectivity index (χ4n) is 3.39. The number of hydrogen-bond donors (Lipinski definition) is 1. The fraction of sp³-hybridized carbons (Fsp3) is 0.182. The monoisotopic (exact) mass is 409 g/mol. The number of halogens is 1. The number of rotatable bonds is 4. The van der Waals surface area contributed by atoms with Gasteiger partial charge in [0.05, 0.1) is 17.6 Å². The van der Waals surface area contributed by atoms with E-state index in [1.54, 1.807) is 41.3 Å². The van der Waals surface area contributed by atoms with Gasteiger partial charge in [-0.2, -0.15) is 0 Å². The lowest BCUT2D eigenvalue weighted by atomic mass is 10.1. The van der Waals surface area contributed by atoms with Gasteiger partial charge in [0.25, 0.3) is 11.8 Å². The first-order valence-corrected chi connectivity index (χ1v) is 9.73. The van der Waals surface area contributed by atoms with Crippen LogP contribution in [0.25, 0.3) is 0 Å². The van der Waals surface area contributed by atoms with Crippen molar-refractivity contribution in [1.82, 2.24) is 4.90 Å². The van der Waals surface area contributed by atoms with Gasteiger partial charge in [-0.3, -0.25) is 9.59 Å². The maximum atomic E-state index is 12.6. The third-order valence-electron chi connectivity index (χ3n) is 4.88. The Morgan fingerprint density at radius 2 is 1.72 bits per heavy atom. The minimum absolute atomic E-state index is 0.0998. The summed E-state index contributed by atoms with van der Waals surface area (Å²) in [5, 5.41) is 3.49. The van der Waals surface area contributed by atoms with Gasteiger partial charge in [-0.15, -0.1) is 0 Å². The Hall–Kier alpha value is -3.25. The number of furan rings is 1. The molecule has 0 unspecified atom stereocenters. The molecule has 2 amide bonds. The normalized spacial score (nSPS) is 14.0. The summed E-state index contributed by atoms with van der Waals surface area (Å²) in [6.45, 7) is 2.49. The average molecular weight is 410 g/mol. The molecule has 0 bridgehead atoms. The number of nitrogens with zero attached hydrogens (tertiary/aromatic N) is 2. The van der Waals surface area contributed by atoms with Crippen molar-refractivity contribution in [3.05, 3.63) is 83.3 Å². The minimum Gasteiger partial charge on any atom is -0.459 e. The molecule has 1 saturated heterocycles. The van der Waals surface area contributed by atoms with Crippen molar-refractivity contribution >= 4 is 34.8 Å². The van der Waals surface area contributed by atoms with Crippen LogP contribution in [0.5, 0.6) is 0 Å². The lowest BCUT2D eigenvalue weighted by molar-refractivity contribution is 0.0714. The minimum atomic E-state index is -0.216. The summed E-state index contributed by atoms with van der Waals surface area (Å²) in [6, 6.07) is 17.9. The molecule has 6 nitrogen and oxygen atoms in total. The van der Waals surface area contributed by atoms with Crippen LogP contribution in [0.3, 0.4) is 0 Å². The molecule has 148 valence electrons. The molecule has 3 aromatic rings. The van der Waals surface area contributed by atoms with Crippen molar-refractivity contribution in [2.24, 2.45) is 0 Å². The maximum absolute atomic E-state index is 12.6. The predicted octanol–water partition coefficient (Wildman–Crippen LogP) is 4.15. The van der Waals surface area contributed by atoms with E-state index in [4.69, 9.17) is 16.0 Å². The van der Waals surface area contributed by atoms with Gasteiger partial charge in [0.1, 0.15) is 0 Å². The molecule has 0 atom stereocenters. The molecule has 2 aromatic carbocycles. The second-order valence-corrected chi connectivity index (χ2v) is 7.17. The highest BCUT2D eigenvalue weighted by atomic mass is 35.5. The van der Waals surface area contributed by atoms with Crippen LogP contribution in [0.2, 0.25) is 5.02 Å². The summed E-state index contributed by atoms with van der Waals surface area (Å²) in [6.07, 6.45) is 1.50. The first-order valence-electron chi connectivity index (χ1n) is 9.35. The van der Waals surface area contributed by atoms with Crippen LogP contribution in [0, 0.1) is 0 Å². The topological polar surface area (TPSA) is 65.8 Å². The molecule has 4 rings (SSSR count). The molecule has 0 spiro atoms.